The number of amides is 1. The average molecular weight is 405 g/mol. The van der Waals surface area contributed by atoms with E-state index in [1.165, 1.54) is 19.8 Å². The molecular weight excluding hydrogens is 384 g/mol. The van der Waals surface area contributed by atoms with Gasteiger partial charge in [-0.3, -0.25) is 9.69 Å². The molecule has 1 N–H and O–H groups in total. The minimum atomic E-state index is -0.223. The number of likely N-dealkylation sites (tertiary alicyclic amines) is 1. The highest BCUT2D eigenvalue weighted by Gasteiger charge is 2.42. The molecule has 0 radical (unpaired) electrons. The number of fused-ring (bicyclic) bond motifs is 1. The van der Waals surface area contributed by atoms with Gasteiger partial charge in [0.1, 0.15) is 0 Å². The van der Waals surface area contributed by atoms with Crippen LogP contribution in [0.3, 0.4) is 0 Å². The van der Waals surface area contributed by atoms with E-state index in [2.05, 4.69) is 62.5 Å². The van der Waals surface area contributed by atoms with E-state index >= 15 is 0 Å². The lowest BCUT2D eigenvalue weighted by Gasteiger charge is -2.40. The fraction of sp³-hybridized carbons (Fsp3) is 0.421. The minimum absolute atomic E-state index is 0.223. The Morgan fingerprint density at radius 2 is 1.88 bits per heavy atom. The van der Waals surface area contributed by atoms with E-state index in [0.717, 1.165) is 38.9 Å². The maximum atomic E-state index is 12.8. The maximum Gasteiger partial charge on any atom is 0.226 e. The first kappa shape index (κ1) is 16.3. The van der Waals surface area contributed by atoms with Crippen molar-refractivity contribution in [3.05, 3.63) is 56.2 Å². The van der Waals surface area contributed by atoms with Crippen molar-refractivity contribution in [1.82, 2.24) is 10.2 Å². The van der Waals surface area contributed by atoms with Gasteiger partial charge >= 0.3 is 0 Å². The molecule has 2 aliphatic heterocycles. The highest BCUT2D eigenvalue weighted by atomic mass is 79.9. The number of hydrogen-bond acceptors (Lipinski definition) is 3. The van der Waals surface area contributed by atoms with Crippen molar-refractivity contribution in [1.29, 1.82) is 0 Å². The summed E-state index contributed by atoms with van der Waals surface area (Å²) in [5.74, 6) is 0.247. The van der Waals surface area contributed by atoms with Crippen LogP contribution in [-0.4, -0.2) is 23.9 Å². The summed E-state index contributed by atoms with van der Waals surface area (Å²) in [6.07, 6.45) is 2.77. The number of hydrogen-bond donors (Lipinski definition) is 1. The van der Waals surface area contributed by atoms with Crippen molar-refractivity contribution in [2.75, 3.05) is 13.1 Å². The summed E-state index contributed by atoms with van der Waals surface area (Å²) in [4.78, 5) is 16.7. The fourth-order valence-electron chi connectivity index (χ4n) is 3.91. The number of benzene rings is 1. The van der Waals surface area contributed by atoms with Crippen molar-refractivity contribution in [3.63, 3.8) is 0 Å². The molecule has 3 heterocycles. The number of rotatable bonds is 2. The number of carbonyl (C=O) groups excluding carboxylic acids is 1. The molecule has 0 aliphatic carbocycles. The molecule has 3 nitrogen and oxygen atoms in total. The molecule has 0 unspecified atom stereocenters. The number of piperidine rings is 1. The molecule has 4 rings (SSSR count). The molecule has 1 fully saturated rings. The Hall–Kier alpha value is -1.17. The second kappa shape index (κ2) is 6.62. The number of thiophene rings is 1. The molecular formula is C19H21BrN2OS. The predicted molar refractivity (Wildman–Crippen MR) is 101 cm³/mol. The van der Waals surface area contributed by atoms with Gasteiger partial charge in [-0.2, -0.15) is 0 Å². The SMILES string of the molecule is O=C1NCc2ccccc2CC12CCN(Cc1ccc(Br)s1)CC2. The van der Waals surface area contributed by atoms with Gasteiger partial charge in [-0.15, -0.1) is 11.3 Å². The zero-order valence-corrected chi connectivity index (χ0v) is 16.0. The normalized spacial score (nSPS) is 20.5. The van der Waals surface area contributed by atoms with Crippen LogP contribution in [0.1, 0.15) is 28.8 Å². The molecule has 1 amide bonds. The molecule has 5 heteroatoms. The summed E-state index contributed by atoms with van der Waals surface area (Å²) in [5, 5.41) is 3.17. The first-order valence-corrected chi connectivity index (χ1v) is 10.1. The molecule has 24 heavy (non-hydrogen) atoms. The molecule has 1 saturated heterocycles. The second-order valence-electron chi connectivity index (χ2n) is 6.89. The summed E-state index contributed by atoms with van der Waals surface area (Å²) in [5.41, 5.74) is 2.39. The molecule has 1 aromatic heterocycles. The van der Waals surface area contributed by atoms with Gasteiger partial charge in [0.2, 0.25) is 5.91 Å². The average Bonchev–Trinajstić information content (AvgIpc) is 2.94. The third kappa shape index (κ3) is 3.17. The van der Waals surface area contributed by atoms with Crippen LogP contribution in [0.25, 0.3) is 0 Å². The summed E-state index contributed by atoms with van der Waals surface area (Å²) in [7, 11) is 0. The van der Waals surface area contributed by atoms with Gasteiger partial charge in [0.25, 0.3) is 0 Å². The maximum absolute atomic E-state index is 12.8. The molecule has 1 spiro atoms. The fourth-order valence-corrected chi connectivity index (χ4v) is 5.44. The zero-order valence-electron chi connectivity index (χ0n) is 13.6. The van der Waals surface area contributed by atoms with Gasteiger partial charge < -0.3 is 5.32 Å². The summed E-state index contributed by atoms with van der Waals surface area (Å²) in [6, 6.07) is 12.8. The monoisotopic (exact) mass is 404 g/mol. The largest absolute Gasteiger partial charge is 0.352 e. The van der Waals surface area contributed by atoms with E-state index in [1.807, 2.05) is 0 Å². The first-order valence-electron chi connectivity index (χ1n) is 8.46. The molecule has 0 saturated carbocycles. The van der Waals surface area contributed by atoms with E-state index < -0.39 is 0 Å². The highest BCUT2D eigenvalue weighted by Crippen LogP contribution is 2.38. The Morgan fingerprint density at radius 1 is 1.12 bits per heavy atom. The van der Waals surface area contributed by atoms with E-state index in [1.54, 1.807) is 11.3 Å². The molecule has 0 bridgehead atoms. The lowest BCUT2D eigenvalue weighted by molar-refractivity contribution is -0.133. The van der Waals surface area contributed by atoms with Gasteiger partial charge in [-0.25, -0.2) is 0 Å². The summed E-state index contributed by atoms with van der Waals surface area (Å²) >= 11 is 5.33. The number of nitrogens with zero attached hydrogens (tertiary/aromatic N) is 1. The molecule has 1 aromatic carbocycles. The summed E-state index contributed by atoms with van der Waals surface area (Å²) in [6.45, 7) is 3.64. The zero-order chi connectivity index (χ0) is 16.6. The van der Waals surface area contributed by atoms with Crippen molar-refractivity contribution >= 4 is 33.2 Å². The second-order valence-corrected chi connectivity index (χ2v) is 9.44. The van der Waals surface area contributed by atoms with Crippen LogP contribution in [0.4, 0.5) is 0 Å². The van der Waals surface area contributed by atoms with E-state index in [9.17, 15) is 4.79 Å². The van der Waals surface area contributed by atoms with E-state index in [-0.39, 0.29) is 11.3 Å². The number of carbonyl (C=O) groups is 1. The Balaban J connectivity index is 1.47. The van der Waals surface area contributed by atoms with Gasteiger partial charge in [0.15, 0.2) is 0 Å². The Bertz CT molecular complexity index is 749. The third-order valence-electron chi connectivity index (χ3n) is 5.39. The topological polar surface area (TPSA) is 32.3 Å². The molecule has 0 atom stereocenters. The Labute approximate surface area is 155 Å². The van der Waals surface area contributed by atoms with Crippen LogP contribution in [-0.2, 0) is 24.3 Å². The van der Waals surface area contributed by atoms with Crippen molar-refractivity contribution in [2.24, 2.45) is 5.41 Å². The van der Waals surface area contributed by atoms with E-state index in [4.69, 9.17) is 0 Å². The van der Waals surface area contributed by atoms with Gasteiger partial charge in [-0.05, 0) is 71.5 Å². The van der Waals surface area contributed by atoms with Crippen molar-refractivity contribution in [3.8, 4) is 0 Å². The van der Waals surface area contributed by atoms with Crippen LogP contribution in [0.5, 0.6) is 0 Å². The standard InChI is InChI=1S/C19H21BrN2OS/c20-17-6-5-16(24-17)13-22-9-7-19(8-10-22)11-14-3-1-2-4-15(14)12-21-18(19)23/h1-6H,7-13H2,(H,21,23). The van der Waals surface area contributed by atoms with Crippen molar-refractivity contribution < 1.29 is 4.79 Å². The van der Waals surface area contributed by atoms with Crippen LogP contribution in [0.15, 0.2) is 40.2 Å². The van der Waals surface area contributed by atoms with Crippen LogP contribution >= 0.6 is 27.3 Å². The van der Waals surface area contributed by atoms with E-state index in [0.29, 0.717) is 6.54 Å². The van der Waals surface area contributed by atoms with Gasteiger partial charge in [0.05, 0.1) is 9.20 Å². The van der Waals surface area contributed by atoms with Crippen LogP contribution in [0.2, 0.25) is 0 Å². The third-order valence-corrected chi connectivity index (χ3v) is 7.00. The highest BCUT2D eigenvalue weighted by molar-refractivity contribution is 9.11. The quantitative estimate of drug-likeness (QED) is 0.820. The summed E-state index contributed by atoms with van der Waals surface area (Å²) < 4.78 is 1.19. The van der Waals surface area contributed by atoms with Gasteiger partial charge in [0, 0.05) is 18.0 Å². The minimum Gasteiger partial charge on any atom is -0.352 e. The lowest BCUT2D eigenvalue weighted by atomic mass is 9.73. The number of halogens is 1. The van der Waals surface area contributed by atoms with Crippen molar-refractivity contribution in [2.45, 2.75) is 32.4 Å². The van der Waals surface area contributed by atoms with Gasteiger partial charge in [-0.1, -0.05) is 24.3 Å². The molecule has 126 valence electrons. The number of nitrogens with one attached hydrogen (secondary N) is 1. The Morgan fingerprint density at radius 3 is 2.58 bits per heavy atom. The predicted octanol–water partition coefficient (Wildman–Crippen LogP) is 3.97. The van der Waals surface area contributed by atoms with Crippen LogP contribution in [0, 0.1) is 5.41 Å². The van der Waals surface area contributed by atoms with Crippen LogP contribution < -0.4 is 5.32 Å². The first-order chi connectivity index (χ1) is 11.6. The smallest absolute Gasteiger partial charge is 0.226 e. The molecule has 2 aliphatic rings. The Kier molecular flexibility index (Phi) is 4.50. The lowest BCUT2D eigenvalue weighted by Crippen LogP contribution is -2.48. The molecule has 2 aromatic rings.